The molecule has 0 aliphatic carbocycles. The van der Waals surface area contributed by atoms with Gasteiger partial charge >= 0.3 is 17.9 Å². The second-order valence-corrected chi connectivity index (χ2v) is 20.6. The highest BCUT2D eigenvalue weighted by atomic mass is 16.6. The van der Waals surface area contributed by atoms with Crippen LogP contribution in [-0.2, 0) is 28.6 Å². The molecular formula is C71H116O6. The molecule has 0 saturated carbocycles. The fraction of sp³-hybridized carbons (Fsp3) is 0.648. The van der Waals surface area contributed by atoms with Crippen molar-refractivity contribution in [2.24, 2.45) is 0 Å². The van der Waals surface area contributed by atoms with Crippen LogP contribution in [0.5, 0.6) is 0 Å². The maximum Gasteiger partial charge on any atom is 0.306 e. The Hall–Kier alpha value is -4.45. The van der Waals surface area contributed by atoms with E-state index in [-0.39, 0.29) is 31.1 Å². The number of carbonyl (C=O) groups is 3. The summed E-state index contributed by atoms with van der Waals surface area (Å²) in [7, 11) is 0. The average molecular weight is 1070 g/mol. The maximum absolute atomic E-state index is 12.9. The molecule has 0 heterocycles. The molecule has 0 N–H and O–H groups in total. The van der Waals surface area contributed by atoms with E-state index in [1.54, 1.807) is 0 Å². The van der Waals surface area contributed by atoms with E-state index >= 15 is 0 Å². The molecule has 0 spiro atoms. The van der Waals surface area contributed by atoms with Crippen LogP contribution in [0.3, 0.4) is 0 Å². The smallest absolute Gasteiger partial charge is 0.306 e. The number of unbranched alkanes of at least 4 members (excludes halogenated alkanes) is 23. The minimum atomic E-state index is -0.810. The molecule has 0 amide bonds. The van der Waals surface area contributed by atoms with E-state index in [4.69, 9.17) is 14.2 Å². The molecule has 0 rings (SSSR count). The first-order valence-corrected chi connectivity index (χ1v) is 31.7. The van der Waals surface area contributed by atoms with Gasteiger partial charge in [0.15, 0.2) is 6.10 Å². The quantitative estimate of drug-likeness (QED) is 0.0261. The molecule has 0 bridgehead atoms. The van der Waals surface area contributed by atoms with Crippen molar-refractivity contribution in [3.8, 4) is 0 Å². The van der Waals surface area contributed by atoms with Crippen LogP contribution in [0.1, 0.15) is 278 Å². The Morgan fingerprint density at radius 1 is 0.273 bits per heavy atom. The third-order valence-corrected chi connectivity index (χ3v) is 13.1. The first-order chi connectivity index (χ1) is 38.0. The Kier molecular flexibility index (Phi) is 60.4. The molecule has 1 unspecified atom stereocenters. The van der Waals surface area contributed by atoms with Gasteiger partial charge in [-0.25, -0.2) is 0 Å². The second-order valence-electron chi connectivity index (χ2n) is 20.6. The molecule has 0 aromatic rings. The van der Waals surface area contributed by atoms with Gasteiger partial charge in [-0.05, 0) is 141 Å². The van der Waals surface area contributed by atoms with Crippen LogP contribution >= 0.6 is 0 Å². The third-order valence-electron chi connectivity index (χ3n) is 13.1. The van der Waals surface area contributed by atoms with E-state index < -0.39 is 6.10 Å². The van der Waals surface area contributed by atoms with Crippen LogP contribution in [0.25, 0.3) is 0 Å². The summed E-state index contributed by atoms with van der Waals surface area (Å²) in [5.74, 6) is -0.965. The first-order valence-electron chi connectivity index (χ1n) is 31.7. The van der Waals surface area contributed by atoms with Gasteiger partial charge in [0.1, 0.15) is 13.2 Å². The molecule has 0 aromatic carbocycles. The summed E-state index contributed by atoms with van der Waals surface area (Å²) in [6, 6.07) is 0. The average Bonchev–Trinajstić information content (AvgIpc) is 3.43. The molecule has 77 heavy (non-hydrogen) atoms. The number of hydrogen-bond donors (Lipinski definition) is 0. The lowest BCUT2D eigenvalue weighted by molar-refractivity contribution is -0.167. The van der Waals surface area contributed by atoms with E-state index in [0.29, 0.717) is 25.7 Å². The van der Waals surface area contributed by atoms with Gasteiger partial charge in [-0.3, -0.25) is 14.4 Å². The predicted octanol–water partition coefficient (Wildman–Crippen LogP) is 21.8. The van der Waals surface area contributed by atoms with Gasteiger partial charge < -0.3 is 14.2 Å². The molecule has 1 atom stereocenters. The standard InChI is InChI=1S/C71H116O6/c1-4-7-10-13-16-19-22-25-28-30-31-32-33-34-35-36-37-38-39-41-43-46-49-52-55-58-61-64-70(73)76-67-68(66-75-69(72)63-60-57-54-51-48-45-42-27-24-21-18-15-12-9-6-3)77-71(74)65-62-59-56-53-50-47-44-40-29-26-23-20-17-14-11-8-5-2/h7,10,16,18-19,21,25-29,31-32,34-35,37-38,41-43,49,52,68H,4-6,8-9,11-15,17,20,22-24,30,33,36,39-40,44-48,50-51,53-67H2,1-3H3/b10-7-,19-16-,21-18-,28-25-,29-26-,32-31-,35-34-,38-37-,42-27-,43-41-,52-49-. The van der Waals surface area contributed by atoms with Crippen molar-refractivity contribution in [2.75, 3.05) is 13.2 Å². The van der Waals surface area contributed by atoms with E-state index in [0.717, 1.165) is 128 Å². The number of carbonyl (C=O) groups excluding carboxylic acids is 3. The molecule has 0 radical (unpaired) electrons. The van der Waals surface area contributed by atoms with Crippen molar-refractivity contribution in [2.45, 2.75) is 284 Å². The number of allylic oxidation sites excluding steroid dienone is 22. The predicted molar refractivity (Wildman–Crippen MR) is 334 cm³/mol. The Labute approximate surface area is 475 Å². The molecule has 436 valence electrons. The molecule has 0 aliphatic heterocycles. The van der Waals surface area contributed by atoms with E-state index in [2.05, 4.69) is 154 Å². The van der Waals surface area contributed by atoms with Crippen LogP contribution in [0.15, 0.2) is 134 Å². The molecule has 0 aliphatic rings. The fourth-order valence-electron chi connectivity index (χ4n) is 8.36. The zero-order chi connectivity index (χ0) is 55.7. The van der Waals surface area contributed by atoms with Crippen molar-refractivity contribution in [3.05, 3.63) is 134 Å². The van der Waals surface area contributed by atoms with Crippen LogP contribution < -0.4 is 0 Å². The summed E-state index contributed by atoms with van der Waals surface area (Å²) >= 11 is 0. The van der Waals surface area contributed by atoms with Crippen molar-refractivity contribution in [3.63, 3.8) is 0 Å². The zero-order valence-electron chi connectivity index (χ0n) is 49.9. The SMILES string of the molecule is CC/C=C\C/C=C\C/C=C\C/C=C\C/C=C\C/C=C\C/C=C\C/C=C\CCCCC(=O)OCC(COC(=O)CCCCCCC/C=C\C/C=C\CCCCC)OC(=O)CCCCCCCCC/C=C\CCCCCCCC. The van der Waals surface area contributed by atoms with Crippen molar-refractivity contribution in [1.82, 2.24) is 0 Å². The molecule has 0 aromatic heterocycles. The Morgan fingerprint density at radius 2 is 0.506 bits per heavy atom. The van der Waals surface area contributed by atoms with E-state index in [1.807, 2.05) is 0 Å². The summed E-state index contributed by atoms with van der Waals surface area (Å²) in [5, 5.41) is 0. The van der Waals surface area contributed by atoms with Crippen LogP contribution in [0.2, 0.25) is 0 Å². The zero-order valence-corrected chi connectivity index (χ0v) is 49.9. The first kappa shape index (κ1) is 72.5. The largest absolute Gasteiger partial charge is 0.462 e. The Balaban J connectivity index is 4.47. The normalized spacial score (nSPS) is 13.0. The maximum atomic E-state index is 12.9. The molecule has 0 fully saturated rings. The van der Waals surface area contributed by atoms with Gasteiger partial charge in [0.25, 0.3) is 0 Å². The lowest BCUT2D eigenvalue weighted by Gasteiger charge is -2.18. The fourth-order valence-corrected chi connectivity index (χ4v) is 8.36. The Bertz CT molecular complexity index is 1650. The lowest BCUT2D eigenvalue weighted by Crippen LogP contribution is -2.30. The van der Waals surface area contributed by atoms with Crippen molar-refractivity contribution < 1.29 is 28.6 Å². The molecule has 6 heteroatoms. The third kappa shape index (κ3) is 62.3. The Morgan fingerprint density at radius 3 is 0.857 bits per heavy atom. The van der Waals surface area contributed by atoms with E-state index in [9.17, 15) is 14.4 Å². The monoisotopic (exact) mass is 1060 g/mol. The van der Waals surface area contributed by atoms with E-state index in [1.165, 1.54) is 103 Å². The van der Waals surface area contributed by atoms with Crippen LogP contribution in [0, 0.1) is 0 Å². The lowest BCUT2D eigenvalue weighted by atomic mass is 10.1. The second kappa shape index (κ2) is 64.1. The topological polar surface area (TPSA) is 78.9 Å². The summed E-state index contributed by atoms with van der Waals surface area (Å²) < 4.78 is 16.9. The van der Waals surface area contributed by atoms with Crippen LogP contribution in [-0.4, -0.2) is 37.2 Å². The molecule has 6 nitrogen and oxygen atoms in total. The molecular weight excluding hydrogens is 949 g/mol. The number of hydrogen-bond acceptors (Lipinski definition) is 6. The summed E-state index contributed by atoms with van der Waals surface area (Å²) in [5.41, 5.74) is 0. The van der Waals surface area contributed by atoms with Gasteiger partial charge in [0.05, 0.1) is 0 Å². The summed E-state index contributed by atoms with van der Waals surface area (Å²) in [6.07, 6.45) is 90.2. The highest BCUT2D eigenvalue weighted by Gasteiger charge is 2.19. The summed E-state index contributed by atoms with van der Waals surface area (Å²) in [6.45, 7) is 6.45. The molecule has 0 saturated heterocycles. The van der Waals surface area contributed by atoms with Crippen LogP contribution in [0.4, 0.5) is 0 Å². The van der Waals surface area contributed by atoms with Gasteiger partial charge in [-0.2, -0.15) is 0 Å². The van der Waals surface area contributed by atoms with Crippen molar-refractivity contribution in [1.29, 1.82) is 0 Å². The minimum Gasteiger partial charge on any atom is -0.462 e. The van der Waals surface area contributed by atoms with Gasteiger partial charge in [-0.1, -0.05) is 251 Å². The van der Waals surface area contributed by atoms with Crippen molar-refractivity contribution >= 4 is 17.9 Å². The number of esters is 3. The number of rotatable bonds is 56. The van der Waals surface area contributed by atoms with Gasteiger partial charge in [0, 0.05) is 19.3 Å². The number of ether oxygens (including phenoxy) is 3. The minimum absolute atomic E-state index is 0.104. The highest BCUT2D eigenvalue weighted by Crippen LogP contribution is 2.14. The highest BCUT2D eigenvalue weighted by molar-refractivity contribution is 5.71. The van der Waals surface area contributed by atoms with Gasteiger partial charge in [-0.15, -0.1) is 0 Å². The van der Waals surface area contributed by atoms with Gasteiger partial charge in [0.2, 0.25) is 0 Å². The summed E-state index contributed by atoms with van der Waals surface area (Å²) in [4.78, 5) is 38.3.